The van der Waals surface area contributed by atoms with Gasteiger partial charge in [-0.25, -0.2) is 9.48 Å². The van der Waals surface area contributed by atoms with Crippen LogP contribution in [0.3, 0.4) is 0 Å². The van der Waals surface area contributed by atoms with Crippen molar-refractivity contribution in [1.29, 1.82) is 0 Å². The van der Waals surface area contributed by atoms with E-state index in [0.29, 0.717) is 17.5 Å². The van der Waals surface area contributed by atoms with Crippen molar-refractivity contribution in [2.75, 3.05) is 5.32 Å². The second-order valence-electron chi connectivity index (χ2n) is 8.45. The largest absolute Gasteiger partial charge is 0.418 e. The van der Waals surface area contributed by atoms with Gasteiger partial charge in [0.25, 0.3) is 0 Å². The highest BCUT2D eigenvalue weighted by Crippen LogP contribution is 2.31. The van der Waals surface area contributed by atoms with Gasteiger partial charge < -0.3 is 4.74 Å². The molecule has 7 nitrogen and oxygen atoms in total. The molecule has 0 radical (unpaired) electrons. The highest BCUT2D eigenvalue weighted by atomic mass is 16.6. The smallest absolute Gasteiger partial charge is 0.410 e. The summed E-state index contributed by atoms with van der Waals surface area (Å²) in [5, 5.41) is 11.9. The van der Waals surface area contributed by atoms with Crippen molar-refractivity contribution in [3.05, 3.63) is 78.1 Å². The van der Waals surface area contributed by atoms with Crippen LogP contribution in [0.5, 0.6) is 5.75 Å². The molecule has 1 atom stereocenters. The molecule has 0 bridgehead atoms. The van der Waals surface area contributed by atoms with Crippen LogP contribution in [0.25, 0.3) is 16.9 Å². The lowest BCUT2D eigenvalue weighted by atomic mass is 9.92. The summed E-state index contributed by atoms with van der Waals surface area (Å²) in [5.74, 6) is 1.59. The molecule has 0 fully saturated rings. The fraction of sp³-hybridized carbons (Fsp3) is 0.296. The summed E-state index contributed by atoms with van der Waals surface area (Å²) >= 11 is 0. The molecule has 0 spiro atoms. The van der Waals surface area contributed by atoms with E-state index in [1.165, 1.54) is 5.56 Å². The minimum Gasteiger partial charge on any atom is -0.410 e. The van der Waals surface area contributed by atoms with Crippen molar-refractivity contribution in [2.24, 2.45) is 7.05 Å². The van der Waals surface area contributed by atoms with Gasteiger partial charge in [-0.2, -0.15) is 10.2 Å². The number of hydrogen-bond donors (Lipinski definition) is 1. The van der Waals surface area contributed by atoms with Gasteiger partial charge in [-0.3, -0.25) is 10.00 Å². The van der Waals surface area contributed by atoms with Crippen LogP contribution in [-0.2, 0) is 7.05 Å². The van der Waals surface area contributed by atoms with Crippen molar-refractivity contribution in [3.63, 3.8) is 0 Å². The zero-order valence-corrected chi connectivity index (χ0v) is 20.2. The first kappa shape index (κ1) is 23.3. The highest BCUT2D eigenvalue weighted by molar-refractivity contribution is 5.88. The van der Waals surface area contributed by atoms with E-state index in [4.69, 9.17) is 9.84 Å². The molecule has 2 heterocycles. The molecule has 34 heavy (non-hydrogen) atoms. The third-order valence-electron chi connectivity index (χ3n) is 6.01. The number of ether oxygens (including phenoxy) is 1. The summed E-state index contributed by atoms with van der Waals surface area (Å²) in [6.07, 6.45) is 6.49. The van der Waals surface area contributed by atoms with Crippen molar-refractivity contribution < 1.29 is 9.53 Å². The second-order valence-corrected chi connectivity index (χ2v) is 8.45. The van der Waals surface area contributed by atoms with Gasteiger partial charge in [0, 0.05) is 24.4 Å². The first-order chi connectivity index (χ1) is 16.5. The van der Waals surface area contributed by atoms with Gasteiger partial charge in [0.1, 0.15) is 17.3 Å². The number of nitrogens with zero attached hydrogens (tertiary/aromatic N) is 4. The Kier molecular flexibility index (Phi) is 7.11. The Hall–Kier alpha value is -3.87. The third-order valence-corrected chi connectivity index (χ3v) is 6.01. The van der Waals surface area contributed by atoms with Crippen LogP contribution in [0.15, 0.2) is 67.0 Å². The van der Waals surface area contributed by atoms with Crippen LogP contribution in [0.1, 0.15) is 50.2 Å². The van der Waals surface area contributed by atoms with Gasteiger partial charge in [0.05, 0.1) is 11.9 Å². The van der Waals surface area contributed by atoms with Gasteiger partial charge in [-0.05, 0) is 55.5 Å². The van der Waals surface area contributed by atoms with E-state index in [0.717, 1.165) is 41.8 Å². The maximum Gasteiger partial charge on any atom is 0.418 e. The van der Waals surface area contributed by atoms with Crippen LogP contribution in [0, 0.1) is 6.92 Å². The number of amides is 1. The Morgan fingerprint density at radius 2 is 1.82 bits per heavy atom. The number of benzene rings is 2. The van der Waals surface area contributed by atoms with E-state index < -0.39 is 6.09 Å². The van der Waals surface area contributed by atoms with Gasteiger partial charge in [0.2, 0.25) is 0 Å². The van der Waals surface area contributed by atoms with Gasteiger partial charge in [0.15, 0.2) is 0 Å². The van der Waals surface area contributed by atoms with E-state index >= 15 is 0 Å². The van der Waals surface area contributed by atoms with Gasteiger partial charge in [-0.15, -0.1) is 0 Å². The fourth-order valence-electron chi connectivity index (χ4n) is 4.21. The highest BCUT2D eigenvalue weighted by Gasteiger charge is 2.20. The number of aryl methyl sites for hydroxylation is 1. The predicted octanol–water partition coefficient (Wildman–Crippen LogP) is 6.49. The molecular formula is C27H31N5O2. The Morgan fingerprint density at radius 1 is 1.09 bits per heavy atom. The molecule has 176 valence electrons. The van der Waals surface area contributed by atoms with Crippen molar-refractivity contribution >= 4 is 11.9 Å². The maximum absolute atomic E-state index is 12.9. The van der Waals surface area contributed by atoms with Crippen molar-refractivity contribution in [1.82, 2.24) is 19.6 Å². The first-order valence-corrected chi connectivity index (χ1v) is 11.7. The van der Waals surface area contributed by atoms with Crippen LogP contribution < -0.4 is 10.1 Å². The monoisotopic (exact) mass is 457 g/mol. The van der Waals surface area contributed by atoms with E-state index in [1.54, 1.807) is 15.6 Å². The molecule has 2 aromatic carbocycles. The minimum atomic E-state index is -0.564. The standard InChI is InChI=1S/C27H31N5O2/c1-5-10-20(6-2)21-13-15-24(16-14-21)34-27(33)29-26-19(3)25(22-17-28-31(4)18-22)30-32(26)23-11-8-7-9-12-23/h7-9,11-18,20H,5-6,10H2,1-4H3,(H,29,33). The van der Waals surface area contributed by atoms with Gasteiger partial charge >= 0.3 is 6.09 Å². The molecule has 2 aromatic heterocycles. The SMILES string of the molecule is CCCC(CC)c1ccc(OC(=O)Nc2c(C)c(-c3cnn(C)c3)nn2-c2ccccc2)cc1. The summed E-state index contributed by atoms with van der Waals surface area (Å²) < 4.78 is 9.05. The Bertz CT molecular complexity index is 1240. The van der Waals surface area contributed by atoms with E-state index in [1.807, 2.05) is 74.8 Å². The molecule has 1 N–H and O–H groups in total. The lowest BCUT2D eigenvalue weighted by Gasteiger charge is -2.15. The number of aromatic nitrogens is 4. The van der Waals surface area contributed by atoms with Crippen LogP contribution in [0.2, 0.25) is 0 Å². The number of anilines is 1. The number of carbonyl (C=O) groups excluding carboxylic acids is 1. The maximum atomic E-state index is 12.9. The van der Waals surface area contributed by atoms with Crippen LogP contribution in [-0.4, -0.2) is 25.7 Å². The van der Waals surface area contributed by atoms with Crippen molar-refractivity contribution in [3.8, 4) is 22.7 Å². The third kappa shape index (κ3) is 5.03. The van der Waals surface area contributed by atoms with Crippen LogP contribution in [0.4, 0.5) is 10.6 Å². The molecule has 0 aliphatic rings. The number of nitrogens with one attached hydrogen (secondary N) is 1. The average Bonchev–Trinajstić information content (AvgIpc) is 3.42. The summed E-state index contributed by atoms with van der Waals surface area (Å²) in [4.78, 5) is 12.9. The molecule has 0 saturated heterocycles. The lowest BCUT2D eigenvalue weighted by molar-refractivity contribution is 0.215. The topological polar surface area (TPSA) is 74.0 Å². The average molecular weight is 458 g/mol. The molecule has 4 rings (SSSR count). The zero-order chi connectivity index (χ0) is 24.1. The summed E-state index contributed by atoms with van der Waals surface area (Å²) in [6, 6.07) is 17.5. The summed E-state index contributed by atoms with van der Waals surface area (Å²) in [5.41, 5.74) is 4.56. The molecule has 4 aromatic rings. The number of hydrogen-bond acceptors (Lipinski definition) is 4. The minimum absolute atomic E-state index is 0.503. The quantitative estimate of drug-likeness (QED) is 0.328. The zero-order valence-electron chi connectivity index (χ0n) is 20.2. The first-order valence-electron chi connectivity index (χ1n) is 11.7. The number of para-hydroxylation sites is 1. The second kappa shape index (κ2) is 10.4. The number of carbonyl (C=O) groups is 1. The van der Waals surface area contributed by atoms with Crippen molar-refractivity contribution in [2.45, 2.75) is 46.0 Å². The van der Waals surface area contributed by atoms with E-state index in [9.17, 15) is 4.79 Å². The number of rotatable bonds is 8. The molecule has 1 amide bonds. The molecular weight excluding hydrogens is 426 g/mol. The lowest BCUT2D eigenvalue weighted by Crippen LogP contribution is -2.19. The predicted molar refractivity (Wildman–Crippen MR) is 135 cm³/mol. The molecule has 0 aliphatic heterocycles. The van der Waals surface area contributed by atoms with Gasteiger partial charge in [-0.1, -0.05) is 50.6 Å². The Labute approximate surface area is 200 Å². The normalized spacial score (nSPS) is 11.9. The fourth-order valence-corrected chi connectivity index (χ4v) is 4.21. The molecule has 0 saturated carbocycles. The molecule has 0 aliphatic carbocycles. The van der Waals surface area contributed by atoms with E-state index in [-0.39, 0.29) is 0 Å². The summed E-state index contributed by atoms with van der Waals surface area (Å²) in [7, 11) is 1.86. The summed E-state index contributed by atoms with van der Waals surface area (Å²) in [6.45, 7) is 6.33. The molecule has 1 unspecified atom stereocenters. The van der Waals surface area contributed by atoms with E-state index in [2.05, 4.69) is 24.3 Å². The van der Waals surface area contributed by atoms with Crippen LogP contribution >= 0.6 is 0 Å². The molecule has 7 heteroatoms. The Balaban J connectivity index is 1.58. The Morgan fingerprint density at radius 3 is 2.44 bits per heavy atom.